The van der Waals surface area contributed by atoms with E-state index in [1.165, 1.54) is 4.90 Å². The molecule has 1 saturated heterocycles. The molecule has 0 bridgehead atoms. The molecule has 1 saturated carbocycles. The molecule has 23 heavy (non-hydrogen) atoms. The minimum absolute atomic E-state index is 0.0707. The lowest BCUT2D eigenvalue weighted by molar-refractivity contribution is -0.335. The maximum absolute atomic E-state index is 13.0. The molecular formula is C15H23F6NO. The fourth-order valence-corrected chi connectivity index (χ4v) is 3.57. The van der Waals surface area contributed by atoms with Crippen molar-refractivity contribution in [2.24, 2.45) is 11.3 Å². The molecule has 0 aromatic heterocycles. The molecule has 2 unspecified atom stereocenters. The zero-order valence-electron chi connectivity index (χ0n) is 13.1. The van der Waals surface area contributed by atoms with Crippen LogP contribution >= 0.6 is 0 Å². The van der Waals surface area contributed by atoms with Crippen molar-refractivity contribution in [3.05, 3.63) is 0 Å². The molecule has 1 aliphatic carbocycles. The van der Waals surface area contributed by atoms with Gasteiger partial charge in [-0.25, -0.2) is 0 Å². The van der Waals surface area contributed by atoms with Crippen LogP contribution in [0.15, 0.2) is 0 Å². The number of rotatable bonds is 4. The molecule has 2 nitrogen and oxygen atoms in total. The summed E-state index contributed by atoms with van der Waals surface area (Å²) in [5, 5.41) is 0. The van der Waals surface area contributed by atoms with Crippen molar-refractivity contribution in [3.63, 3.8) is 0 Å². The third kappa shape index (κ3) is 3.95. The first-order valence-electron chi connectivity index (χ1n) is 8.04. The fraction of sp³-hybridized carbons (Fsp3) is 1.00. The molecule has 8 heteroatoms. The van der Waals surface area contributed by atoms with E-state index in [0.717, 1.165) is 25.7 Å². The summed E-state index contributed by atoms with van der Waals surface area (Å²) in [4.78, 5) is 1.22. The third-order valence-corrected chi connectivity index (χ3v) is 5.21. The molecule has 136 valence electrons. The van der Waals surface area contributed by atoms with E-state index in [4.69, 9.17) is 4.74 Å². The second kappa shape index (κ2) is 6.78. The molecule has 0 amide bonds. The van der Waals surface area contributed by atoms with E-state index < -0.39 is 30.7 Å². The van der Waals surface area contributed by atoms with Crippen LogP contribution in [0.3, 0.4) is 0 Å². The first-order chi connectivity index (χ1) is 10.6. The minimum Gasteiger partial charge on any atom is -0.377 e. The van der Waals surface area contributed by atoms with Crippen molar-refractivity contribution in [1.29, 1.82) is 0 Å². The number of halogens is 6. The molecule has 1 aliphatic heterocycles. The lowest BCUT2D eigenvalue weighted by atomic mass is 9.85. The Morgan fingerprint density at radius 2 is 1.65 bits per heavy atom. The van der Waals surface area contributed by atoms with E-state index in [2.05, 4.69) is 6.92 Å². The van der Waals surface area contributed by atoms with Gasteiger partial charge in [-0.05, 0) is 31.7 Å². The second-order valence-electron chi connectivity index (χ2n) is 6.77. The van der Waals surface area contributed by atoms with Gasteiger partial charge < -0.3 is 4.74 Å². The number of nitrogens with zero attached hydrogens (tertiary/aromatic N) is 1. The van der Waals surface area contributed by atoms with Gasteiger partial charge in [-0.2, -0.15) is 26.3 Å². The SMILES string of the molecule is CC1CCCCC1OCCN1CCC(C(F)(F)F)(C(F)(F)F)C1. The first-order valence-corrected chi connectivity index (χ1v) is 8.04. The van der Waals surface area contributed by atoms with Gasteiger partial charge in [0.05, 0.1) is 12.7 Å². The Morgan fingerprint density at radius 1 is 1.04 bits per heavy atom. The number of hydrogen-bond donors (Lipinski definition) is 0. The monoisotopic (exact) mass is 347 g/mol. The lowest BCUT2D eigenvalue weighted by Gasteiger charge is -2.34. The number of ether oxygens (including phenoxy) is 1. The Morgan fingerprint density at radius 3 is 2.17 bits per heavy atom. The molecule has 0 aromatic carbocycles. The molecule has 0 radical (unpaired) electrons. The molecule has 2 aliphatic rings. The Labute approximate surface area is 132 Å². The van der Waals surface area contributed by atoms with Gasteiger partial charge in [-0.3, -0.25) is 4.90 Å². The van der Waals surface area contributed by atoms with Gasteiger partial charge >= 0.3 is 12.4 Å². The lowest BCUT2D eigenvalue weighted by Crippen LogP contribution is -2.52. The van der Waals surface area contributed by atoms with Crippen molar-refractivity contribution >= 4 is 0 Å². The topological polar surface area (TPSA) is 12.5 Å². The zero-order chi connectivity index (χ0) is 17.3. The quantitative estimate of drug-likeness (QED) is 0.699. The number of alkyl halides is 6. The van der Waals surface area contributed by atoms with Crippen LogP contribution in [0.5, 0.6) is 0 Å². The van der Waals surface area contributed by atoms with Crippen LogP contribution in [-0.2, 0) is 4.74 Å². The van der Waals surface area contributed by atoms with Crippen LogP contribution in [0.1, 0.15) is 39.0 Å². The average molecular weight is 347 g/mol. The molecule has 2 atom stereocenters. The summed E-state index contributed by atoms with van der Waals surface area (Å²) in [6.45, 7) is 1.13. The highest BCUT2D eigenvalue weighted by atomic mass is 19.4. The van der Waals surface area contributed by atoms with Crippen molar-refractivity contribution in [3.8, 4) is 0 Å². The van der Waals surface area contributed by atoms with Gasteiger partial charge in [0.15, 0.2) is 5.41 Å². The Hall–Kier alpha value is -0.500. The normalized spacial score (nSPS) is 29.9. The zero-order valence-corrected chi connectivity index (χ0v) is 13.1. The third-order valence-electron chi connectivity index (χ3n) is 5.21. The van der Waals surface area contributed by atoms with Crippen molar-refractivity contribution in [2.45, 2.75) is 57.5 Å². The first kappa shape index (κ1) is 18.8. The van der Waals surface area contributed by atoms with Crippen LogP contribution in [0.25, 0.3) is 0 Å². The van der Waals surface area contributed by atoms with Crippen LogP contribution in [0.4, 0.5) is 26.3 Å². The maximum atomic E-state index is 13.0. The van der Waals surface area contributed by atoms with Gasteiger partial charge in [-0.1, -0.05) is 19.8 Å². The Balaban J connectivity index is 1.87. The van der Waals surface area contributed by atoms with Crippen molar-refractivity contribution in [2.75, 3.05) is 26.2 Å². The Bertz CT molecular complexity index is 380. The summed E-state index contributed by atoms with van der Waals surface area (Å²) in [6.07, 6.45) is -7.24. The van der Waals surface area contributed by atoms with Crippen LogP contribution in [-0.4, -0.2) is 49.6 Å². The summed E-state index contributed by atoms with van der Waals surface area (Å²) in [6, 6.07) is 0. The average Bonchev–Trinajstić information content (AvgIpc) is 2.86. The molecule has 2 rings (SSSR count). The molecule has 2 fully saturated rings. The van der Waals surface area contributed by atoms with Gasteiger partial charge in [0, 0.05) is 13.1 Å². The second-order valence-corrected chi connectivity index (χ2v) is 6.77. The number of likely N-dealkylation sites (tertiary alicyclic amines) is 1. The molecular weight excluding hydrogens is 324 g/mol. The van der Waals surface area contributed by atoms with Crippen LogP contribution in [0.2, 0.25) is 0 Å². The predicted molar refractivity (Wildman–Crippen MR) is 73.0 cm³/mol. The van der Waals surface area contributed by atoms with E-state index >= 15 is 0 Å². The van der Waals surface area contributed by atoms with Gasteiger partial charge in [0.2, 0.25) is 0 Å². The highest BCUT2D eigenvalue weighted by Gasteiger charge is 2.72. The van der Waals surface area contributed by atoms with Crippen LogP contribution in [0, 0.1) is 11.3 Å². The largest absolute Gasteiger partial charge is 0.404 e. The van der Waals surface area contributed by atoms with Crippen molar-refractivity contribution < 1.29 is 31.1 Å². The summed E-state index contributed by atoms with van der Waals surface area (Å²) in [7, 11) is 0. The van der Waals surface area contributed by atoms with E-state index in [1.54, 1.807) is 0 Å². The molecule has 0 aromatic rings. The highest BCUT2D eigenvalue weighted by molar-refractivity contribution is 5.00. The maximum Gasteiger partial charge on any atom is 0.404 e. The van der Waals surface area contributed by atoms with E-state index in [-0.39, 0.29) is 25.8 Å². The molecule has 0 N–H and O–H groups in total. The standard InChI is InChI=1S/C15H23F6NO/c1-11-4-2-3-5-12(11)23-9-8-22-7-6-13(10-22,14(16,17)18)15(19,20)21/h11-12H,2-10H2,1H3. The minimum atomic E-state index is -5.28. The summed E-state index contributed by atoms with van der Waals surface area (Å²) in [5.74, 6) is 0.395. The summed E-state index contributed by atoms with van der Waals surface area (Å²) < 4.78 is 83.5. The smallest absolute Gasteiger partial charge is 0.377 e. The fourth-order valence-electron chi connectivity index (χ4n) is 3.57. The van der Waals surface area contributed by atoms with Gasteiger partial charge in [-0.15, -0.1) is 0 Å². The van der Waals surface area contributed by atoms with E-state index in [1.807, 2.05) is 0 Å². The molecule has 1 heterocycles. The predicted octanol–water partition coefficient (Wildman–Crippen LogP) is 4.40. The van der Waals surface area contributed by atoms with E-state index in [9.17, 15) is 26.3 Å². The highest BCUT2D eigenvalue weighted by Crippen LogP contribution is 2.55. The van der Waals surface area contributed by atoms with Gasteiger partial charge in [0.1, 0.15) is 0 Å². The Kier molecular flexibility index (Phi) is 5.55. The molecule has 0 spiro atoms. The summed E-state index contributed by atoms with van der Waals surface area (Å²) in [5.41, 5.74) is -3.60. The van der Waals surface area contributed by atoms with Gasteiger partial charge in [0.25, 0.3) is 0 Å². The van der Waals surface area contributed by atoms with Crippen molar-refractivity contribution in [1.82, 2.24) is 4.90 Å². The van der Waals surface area contributed by atoms with E-state index in [0.29, 0.717) is 5.92 Å². The van der Waals surface area contributed by atoms with Crippen LogP contribution < -0.4 is 0 Å². The summed E-state index contributed by atoms with van der Waals surface area (Å²) >= 11 is 0. The number of hydrogen-bond acceptors (Lipinski definition) is 2.